The third-order valence-corrected chi connectivity index (χ3v) is 4.72. The van der Waals surface area contributed by atoms with Crippen molar-refractivity contribution in [1.82, 2.24) is 14.9 Å². The van der Waals surface area contributed by atoms with Gasteiger partial charge in [0.1, 0.15) is 18.2 Å². The lowest BCUT2D eigenvalue weighted by atomic mass is 9.99. The molecule has 0 bridgehead atoms. The summed E-state index contributed by atoms with van der Waals surface area (Å²) in [4.78, 5) is 15.2. The van der Waals surface area contributed by atoms with Gasteiger partial charge in [0.25, 0.3) is 0 Å². The molecule has 136 valence electrons. The van der Waals surface area contributed by atoms with Crippen molar-refractivity contribution in [2.75, 3.05) is 6.61 Å². The lowest BCUT2D eigenvalue weighted by Gasteiger charge is -2.12. The van der Waals surface area contributed by atoms with Gasteiger partial charge in [-0.2, -0.15) is 0 Å². The third kappa shape index (κ3) is 4.04. The molecule has 1 atom stereocenters. The minimum absolute atomic E-state index is 0.405. The van der Waals surface area contributed by atoms with E-state index in [-0.39, 0.29) is 0 Å². The second-order valence-electron chi connectivity index (χ2n) is 6.39. The molecule has 3 aromatic rings. The van der Waals surface area contributed by atoms with Crippen molar-refractivity contribution in [2.45, 2.75) is 39.3 Å². The SMILES string of the molecule is CCC(C)c1ccc(OCCn2c(CNC=O)nc3ccccc32)cc1. The Morgan fingerprint density at radius 2 is 1.96 bits per heavy atom. The normalized spacial score (nSPS) is 12.1. The molecule has 26 heavy (non-hydrogen) atoms. The number of para-hydroxylation sites is 2. The minimum atomic E-state index is 0.405. The number of hydrogen-bond donors (Lipinski definition) is 1. The average Bonchev–Trinajstić information content (AvgIpc) is 3.04. The van der Waals surface area contributed by atoms with E-state index in [0.29, 0.717) is 32.0 Å². The van der Waals surface area contributed by atoms with Crippen LogP contribution in [0, 0.1) is 0 Å². The second-order valence-corrected chi connectivity index (χ2v) is 6.39. The number of rotatable bonds is 9. The predicted octanol–water partition coefficient (Wildman–Crippen LogP) is 3.87. The molecule has 0 aliphatic carbocycles. The molecule has 0 saturated heterocycles. The molecule has 1 unspecified atom stereocenters. The Balaban J connectivity index is 1.68. The zero-order chi connectivity index (χ0) is 18.4. The summed E-state index contributed by atoms with van der Waals surface area (Å²) in [5.41, 5.74) is 3.31. The first-order valence-corrected chi connectivity index (χ1v) is 9.07. The van der Waals surface area contributed by atoms with E-state index in [1.807, 2.05) is 36.4 Å². The Bertz CT molecular complexity index is 855. The van der Waals surface area contributed by atoms with E-state index in [9.17, 15) is 4.79 Å². The molecule has 0 radical (unpaired) electrons. The zero-order valence-electron chi connectivity index (χ0n) is 15.3. The Hall–Kier alpha value is -2.82. The van der Waals surface area contributed by atoms with E-state index in [2.05, 4.69) is 40.8 Å². The molecule has 5 nitrogen and oxygen atoms in total. The maximum absolute atomic E-state index is 10.6. The van der Waals surface area contributed by atoms with Gasteiger partial charge in [-0.1, -0.05) is 38.1 Å². The number of aromatic nitrogens is 2. The van der Waals surface area contributed by atoms with Crippen molar-refractivity contribution in [2.24, 2.45) is 0 Å². The molecule has 5 heteroatoms. The van der Waals surface area contributed by atoms with Gasteiger partial charge in [-0.3, -0.25) is 4.79 Å². The molecule has 1 N–H and O–H groups in total. The zero-order valence-corrected chi connectivity index (χ0v) is 15.3. The lowest BCUT2D eigenvalue weighted by molar-refractivity contribution is -0.109. The van der Waals surface area contributed by atoms with E-state index in [4.69, 9.17) is 4.74 Å². The molecular weight excluding hydrogens is 326 g/mol. The van der Waals surface area contributed by atoms with Crippen LogP contribution in [0.5, 0.6) is 5.75 Å². The molecule has 2 aromatic carbocycles. The fraction of sp³-hybridized carbons (Fsp3) is 0.333. The van der Waals surface area contributed by atoms with Crippen LogP contribution in [0.25, 0.3) is 11.0 Å². The van der Waals surface area contributed by atoms with Gasteiger partial charge in [0.2, 0.25) is 6.41 Å². The van der Waals surface area contributed by atoms with Crippen LogP contribution >= 0.6 is 0 Å². The molecule has 1 heterocycles. The quantitative estimate of drug-likeness (QED) is 0.595. The van der Waals surface area contributed by atoms with E-state index in [1.54, 1.807) is 0 Å². The molecule has 3 rings (SSSR count). The van der Waals surface area contributed by atoms with E-state index < -0.39 is 0 Å². The van der Waals surface area contributed by atoms with Crippen LogP contribution in [0.1, 0.15) is 37.6 Å². The lowest BCUT2D eigenvalue weighted by Crippen LogP contribution is -2.17. The first-order chi connectivity index (χ1) is 12.7. The Morgan fingerprint density at radius 3 is 2.69 bits per heavy atom. The molecule has 0 aliphatic heterocycles. The Labute approximate surface area is 154 Å². The summed E-state index contributed by atoms with van der Waals surface area (Å²) in [6.07, 6.45) is 1.82. The number of imidazole rings is 1. The second kappa shape index (κ2) is 8.52. The number of ether oxygens (including phenoxy) is 1. The maximum Gasteiger partial charge on any atom is 0.207 e. The number of fused-ring (bicyclic) bond motifs is 1. The highest BCUT2D eigenvalue weighted by Gasteiger charge is 2.10. The topological polar surface area (TPSA) is 56.1 Å². The summed E-state index contributed by atoms with van der Waals surface area (Å²) in [7, 11) is 0. The van der Waals surface area contributed by atoms with Crippen LogP contribution in [-0.4, -0.2) is 22.6 Å². The van der Waals surface area contributed by atoms with Gasteiger partial charge in [0.15, 0.2) is 0 Å². The third-order valence-electron chi connectivity index (χ3n) is 4.72. The summed E-state index contributed by atoms with van der Waals surface area (Å²) in [5, 5.41) is 2.69. The van der Waals surface area contributed by atoms with Crippen LogP contribution in [0.2, 0.25) is 0 Å². The smallest absolute Gasteiger partial charge is 0.207 e. The molecule has 0 spiro atoms. The van der Waals surface area contributed by atoms with Crippen molar-refractivity contribution >= 4 is 17.4 Å². The van der Waals surface area contributed by atoms with Gasteiger partial charge >= 0.3 is 0 Å². The van der Waals surface area contributed by atoms with Crippen LogP contribution in [0.4, 0.5) is 0 Å². The maximum atomic E-state index is 10.6. The molecule has 1 amide bonds. The van der Waals surface area contributed by atoms with Crippen molar-refractivity contribution in [1.29, 1.82) is 0 Å². The van der Waals surface area contributed by atoms with Crippen molar-refractivity contribution < 1.29 is 9.53 Å². The highest BCUT2D eigenvalue weighted by molar-refractivity contribution is 5.75. The molecular formula is C21H25N3O2. The van der Waals surface area contributed by atoms with Gasteiger partial charge in [0.05, 0.1) is 24.1 Å². The fourth-order valence-corrected chi connectivity index (χ4v) is 3.03. The standard InChI is InChI=1S/C21H25N3O2/c1-3-16(2)17-8-10-18(11-9-17)26-13-12-24-20-7-5-4-6-19(20)23-21(24)14-22-15-25/h4-11,15-16H,3,12-14H2,1-2H3,(H,22,25). The molecule has 0 aliphatic rings. The first kappa shape index (κ1) is 18.0. The number of amides is 1. The monoisotopic (exact) mass is 351 g/mol. The van der Waals surface area contributed by atoms with Gasteiger partial charge < -0.3 is 14.6 Å². The minimum Gasteiger partial charge on any atom is -0.492 e. The number of carbonyl (C=O) groups is 1. The largest absolute Gasteiger partial charge is 0.492 e. The van der Waals surface area contributed by atoms with Gasteiger partial charge in [-0.05, 0) is 42.2 Å². The molecule has 0 fully saturated rings. The van der Waals surface area contributed by atoms with E-state index >= 15 is 0 Å². The summed E-state index contributed by atoms with van der Waals surface area (Å²) in [6, 6.07) is 16.3. The number of carbonyl (C=O) groups excluding carboxylic acids is 1. The molecule has 1 aromatic heterocycles. The summed E-state index contributed by atoms with van der Waals surface area (Å²) in [6.45, 7) is 6.04. The first-order valence-electron chi connectivity index (χ1n) is 9.07. The van der Waals surface area contributed by atoms with E-state index in [0.717, 1.165) is 29.0 Å². The Kier molecular flexibility index (Phi) is 5.89. The van der Waals surface area contributed by atoms with Crippen LogP contribution < -0.4 is 10.1 Å². The summed E-state index contributed by atoms with van der Waals surface area (Å²) in [5.74, 6) is 2.26. The Morgan fingerprint density at radius 1 is 1.19 bits per heavy atom. The van der Waals surface area contributed by atoms with E-state index in [1.165, 1.54) is 5.56 Å². The molecule has 0 saturated carbocycles. The highest BCUT2D eigenvalue weighted by Crippen LogP contribution is 2.22. The summed E-state index contributed by atoms with van der Waals surface area (Å²) < 4.78 is 8.01. The number of hydrogen-bond acceptors (Lipinski definition) is 3. The van der Waals surface area contributed by atoms with Crippen LogP contribution in [0.15, 0.2) is 48.5 Å². The van der Waals surface area contributed by atoms with Gasteiger partial charge in [-0.15, -0.1) is 0 Å². The van der Waals surface area contributed by atoms with Crippen LogP contribution in [0.3, 0.4) is 0 Å². The average molecular weight is 351 g/mol. The highest BCUT2D eigenvalue weighted by atomic mass is 16.5. The number of benzene rings is 2. The number of nitrogens with zero attached hydrogens (tertiary/aromatic N) is 2. The summed E-state index contributed by atoms with van der Waals surface area (Å²) >= 11 is 0. The van der Waals surface area contributed by atoms with Crippen LogP contribution in [-0.2, 0) is 17.9 Å². The fourth-order valence-electron chi connectivity index (χ4n) is 3.03. The van der Waals surface area contributed by atoms with Gasteiger partial charge in [-0.25, -0.2) is 4.98 Å². The van der Waals surface area contributed by atoms with Gasteiger partial charge in [0, 0.05) is 0 Å². The number of nitrogens with one attached hydrogen (secondary N) is 1. The van der Waals surface area contributed by atoms with Crippen molar-refractivity contribution in [3.05, 3.63) is 59.9 Å². The predicted molar refractivity (Wildman–Crippen MR) is 103 cm³/mol. The van der Waals surface area contributed by atoms with Crippen molar-refractivity contribution in [3.8, 4) is 5.75 Å². The van der Waals surface area contributed by atoms with Crippen molar-refractivity contribution in [3.63, 3.8) is 0 Å².